The van der Waals surface area contributed by atoms with E-state index in [0.717, 1.165) is 17.0 Å². The van der Waals surface area contributed by atoms with Crippen molar-refractivity contribution in [1.82, 2.24) is 4.90 Å². The van der Waals surface area contributed by atoms with Crippen LogP contribution >= 0.6 is 0 Å². The first-order valence-electron chi connectivity index (χ1n) is 15.8. The monoisotopic (exact) mass is 726 g/mol. The van der Waals surface area contributed by atoms with Crippen LogP contribution in [0.4, 0.5) is 50.0 Å². The van der Waals surface area contributed by atoms with Crippen molar-refractivity contribution in [2.45, 2.75) is 90.3 Å². The number of benzene rings is 2. The second-order valence-corrected chi connectivity index (χ2v) is 12.2. The Morgan fingerprint density at radius 3 is 2.02 bits per heavy atom. The van der Waals surface area contributed by atoms with Crippen molar-refractivity contribution in [3.8, 4) is 5.75 Å². The maximum Gasteiger partial charge on any atom is 0.573 e. The number of alkyl halides is 9. The molecule has 1 heterocycles. The van der Waals surface area contributed by atoms with Gasteiger partial charge in [-0.1, -0.05) is 0 Å². The number of amides is 2. The highest BCUT2D eigenvalue weighted by Gasteiger charge is 2.44. The van der Waals surface area contributed by atoms with Gasteiger partial charge in [0.15, 0.2) is 0 Å². The van der Waals surface area contributed by atoms with Gasteiger partial charge in [-0.2, -0.15) is 26.3 Å². The van der Waals surface area contributed by atoms with Gasteiger partial charge >= 0.3 is 30.8 Å². The predicted molar refractivity (Wildman–Crippen MR) is 159 cm³/mol. The summed E-state index contributed by atoms with van der Waals surface area (Å²) in [4.78, 5) is 41.0. The molecule has 0 N–H and O–H groups in total. The Hall–Kier alpha value is -4.18. The lowest BCUT2D eigenvalue weighted by molar-refractivity contribution is -0.274. The molecular formula is C33H35F9N2O6. The van der Waals surface area contributed by atoms with E-state index in [1.165, 1.54) is 17.9 Å². The van der Waals surface area contributed by atoms with Crippen molar-refractivity contribution < 1.29 is 68.1 Å². The first kappa shape index (κ1) is 38.6. The fourth-order valence-electron chi connectivity index (χ4n) is 6.37. The topological polar surface area (TPSA) is 85.4 Å². The van der Waals surface area contributed by atoms with Gasteiger partial charge in [-0.15, -0.1) is 13.2 Å². The Labute approximate surface area is 281 Å². The zero-order valence-corrected chi connectivity index (χ0v) is 27.2. The third-order valence-electron chi connectivity index (χ3n) is 8.79. The molecule has 0 spiro atoms. The maximum atomic E-state index is 13.8. The van der Waals surface area contributed by atoms with E-state index in [1.807, 2.05) is 0 Å². The summed E-state index contributed by atoms with van der Waals surface area (Å²) in [6.07, 6.45) is -16.0. The molecule has 8 nitrogen and oxygen atoms in total. The Morgan fingerprint density at radius 2 is 1.50 bits per heavy atom. The molecular weight excluding hydrogens is 691 g/mol. The van der Waals surface area contributed by atoms with E-state index in [2.05, 4.69) is 4.74 Å². The summed E-state index contributed by atoms with van der Waals surface area (Å²) in [6.45, 7) is 4.38. The number of cyclic esters (lactones) is 1. The van der Waals surface area contributed by atoms with E-state index in [4.69, 9.17) is 9.47 Å². The van der Waals surface area contributed by atoms with Crippen molar-refractivity contribution in [3.05, 3.63) is 58.7 Å². The summed E-state index contributed by atoms with van der Waals surface area (Å²) in [5, 5.41) is 0. The van der Waals surface area contributed by atoms with Crippen LogP contribution in [0.5, 0.6) is 5.75 Å². The SMILES string of the molecule is CCOC(=O)CC1CCC(C(=O)N(CC)c2ccc(OC(F)(F)F)cc2CN2C(=O)O[C@H](c3cc(C(F)(F)F)cc(C(F)(F)F)c3)[C@@H]2C)CC1. The Kier molecular flexibility index (Phi) is 11.6. The van der Waals surface area contributed by atoms with E-state index in [1.54, 1.807) is 13.8 Å². The fraction of sp³-hybridized carbons (Fsp3) is 0.545. The van der Waals surface area contributed by atoms with Gasteiger partial charge in [0.2, 0.25) is 5.91 Å². The van der Waals surface area contributed by atoms with Gasteiger partial charge in [-0.05, 0) is 99.9 Å². The molecule has 2 amide bonds. The molecule has 1 saturated carbocycles. The third-order valence-corrected chi connectivity index (χ3v) is 8.79. The van der Waals surface area contributed by atoms with Gasteiger partial charge < -0.3 is 19.1 Å². The molecule has 2 aliphatic rings. The molecule has 2 aromatic rings. The van der Waals surface area contributed by atoms with E-state index in [0.29, 0.717) is 37.8 Å². The smallest absolute Gasteiger partial charge is 0.466 e. The summed E-state index contributed by atoms with van der Waals surface area (Å²) in [5.41, 5.74) is -3.73. The Balaban J connectivity index is 1.63. The highest BCUT2D eigenvalue weighted by atomic mass is 19.4. The number of hydrogen-bond donors (Lipinski definition) is 0. The lowest BCUT2D eigenvalue weighted by Crippen LogP contribution is -2.39. The third kappa shape index (κ3) is 9.33. The second kappa shape index (κ2) is 15.0. The largest absolute Gasteiger partial charge is 0.573 e. The molecule has 4 rings (SSSR count). The zero-order valence-electron chi connectivity index (χ0n) is 27.2. The van der Waals surface area contributed by atoms with E-state index in [9.17, 15) is 53.9 Å². The van der Waals surface area contributed by atoms with Gasteiger partial charge in [0.1, 0.15) is 11.9 Å². The van der Waals surface area contributed by atoms with Crippen LogP contribution in [-0.4, -0.2) is 48.4 Å². The predicted octanol–water partition coefficient (Wildman–Crippen LogP) is 8.82. The van der Waals surface area contributed by atoms with E-state index in [-0.39, 0.29) is 54.7 Å². The minimum atomic E-state index is -5.16. The summed E-state index contributed by atoms with van der Waals surface area (Å²) in [5.74, 6) is -1.86. The van der Waals surface area contributed by atoms with Crippen LogP contribution in [0.2, 0.25) is 0 Å². The number of carbonyl (C=O) groups is 3. The first-order chi connectivity index (χ1) is 23.2. The molecule has 0 aromatic heterocycles. The first-order valence-corrected chi connectivity index (χ1v) is 15.8. The highest BCUT2D eigenvalue weighted by Crippen LogP contribution is 2.42. The Morgan fingerprint density at radius 1 is 0.900 bits per heavy atom. The van der Waals surface area contributed by atoms with E-state index < -0.39 is 71.9 Å². The molecule has 2 aromatic carbocycles. The molecule has 50 heavy (non-hydrogen) atoms. The van der Waals surface area contributed by atoms with Gasteiger partial charge in [-0.25, -0.2) is 4.79 Å². The number of carbonyl (C=O) groups excluding carboxylic acids is 3. The van der Waals surface area contributed by atoms with Crippen molar-refractivity contribution in [2.24, 2.45) is 11.8 Å². The number of anilines is 1. The minimum Gasteiger partial charge on any atom is -0.466 e. The maximum absolute atomic E-state index is 13.8. The number of esters is 1. The average Bonchev–Trinajstić information content (AvgIpc) is 3.29. The number of ether oxygens (including phenoxy) is 3. The molecule has 2 atom stereocenters. The zero-order chi connectivity index (χ0) is 37.2. The Bertz CT molecular complexity index is 1520. The number of hydrogen-bond acceptors (Lipinski definition) is 6. The number of nitrogens with zero attached hydrogens (tertiary/aromatic N) is 2. The quantitative estimate of drug-likeness (QED) is 0.180. The van der Waals surface area contributed by atoms with Crippen LogP contribution < -0.4 is 9.64 Å². The molecule has 0 radical (unpaired) electrons. The van der Waals surface area contributed by atoms with Gasteiger partial charge in [0, 0.05) is 24.6 Å². The van der Waals surface area contributed by atoms with Crippen molar-refractivity contribution in [3.63, 3.8) is 0 Å². The molecule has 2 fully saturated rings. The van der Waals surface area contributed by atoms with Crippen molar-refractivity contribution in [2.75, 3.05) is 18.1 Å². The van der Waals surface area contributed by atoms with Crippen LogP contribution in [0.25, 0.3) is 0 Å². The van der Waals surface area contributed by atoms with Crippen LogP contribution in [0.3, 0.4) is 0 Å². The van der Waals surface area contributed by atoms with Gasteiger partial charge in [0.25, 0.3) is 0 Å². The average molecular weight is 727 g/mol. The lowest BCUT2D eigenvalue weighted by Gasteiger charge is -2.33. The van der Waals surface area contributed by atoms with Crippen molar-refractivity contribution in [1.29, 1.82) is 0 Å². The highest BCUT2D eigenvalue weighted by molar-refractivity contribution is 5.96. The van der Waals surface area contributed by atoms with Crippen molar-refractivity contribution >= 4 is 23.7 Å². The molecule has 276 valence electrons. The summed E-state index contributed by atoms with van der Waals surface area (Å²) >= 11 is 0. The molecule has 0 bridgehead atoms. The van der Waals surface area contributed by atoms with Crippen LogP contribution in [0, 0.1) is 11.8 Å². The minimum absolute atomic E-state index is 0.0159. The molecule has 0 unspecified atom stereocenters. The lowest BCUT2D eigenvalue weighted by atomic mass is 9.80. The number of rotatable bonds is 10. The summed E-state index contributed by atoms with van der Waals surface area (Å²) in [6, 6.07) is 2.75. The summed E-state index contributed by atoms with van der Waals surface area (Å²) in [7, 11) is 0. The second-order valence-electron chi connectivity index (χ2n) is 12.2. The fourth-order valence-corrected chi connectivity index (χ4v) is 6.37. The van der Waals surface area contributed by atoms with E-state index >= 15 is 0 Å². The van der Waals surface area contributed by atoms with Gasteiger partial charge in [0.05, 0.1) is 30.3 Å². The van der Waals surface area contributed by atoms with Crippen LogP contribution in [0.15, 0.2) is 36.4 Å². The summed E-state index contributed by atoms with van der Waals surface area (Å²) < 4.78 is 135. The van der Waals surface area contributed by atoms with Crippen LogP contribution in [-0.2, 0) is 38.0 Å². The molecule has 1 aliphatic carbocycles. The molecule has 1 saturated heterocycles. The van der Waals surface area contributed by atoms with Crippen LogP contribution in [0.1, 0.15) is 81.2 Å². The molecule has 1 aliphatic heterocycles. The normalized spacial score (nSPS) is 21.5. The standard InChI is InChI=1S/C33H35F9N2O6/c1-4-43(29(46)20-8-6-19(7-9-20)12-27(45)48-5-2)26-11-10-25(50-33(40,41)42)15-22(26)17-44-18(3)28(49-30(44)47)21-13-23(31(34,35)36)16-24(14-21)32(37,38)39/h10-11,13-16,18-20,28H,4-9,12,17H2,1-3H3/t18-,19?,20?,28-/m0/s1. The number of halogens is 9. The van der Waals surface area contributed by atoms with Gasteiger partial charge in [-0.3, -0.25) is 14.5 Å². The molecule has 17 heteroatoms.